The number of hydrogen-bond acceptors (Lipinski definition) is 1. The molecule has 0 atom stereocenters. The van der Waals surface area contributed by atoms with Crippen molar-refractivity contribution in [3.63, 3.8) is 0 Å². The van der Waals surface area contributed by atoms with Gasteiger partial charge in [0.25, 0.3) is 0 Å². The van der Waals surface area contributed by atoms with Crippen molar-refractivity contribution in [3.8, 4) is 0 Å². The topological polar surface area (TPSA) is 41.1 Å². The molecule has 0 spiro atoms. The zero-order valence-corrected chi connectivity index (χ0v) is 7.97. The first-order valence-electron chi connectivity index (χ1n) is 4.99. The van der Waals surface area contributed by atoms with E-state index in [9.17, 15) is 4.79 Å². The molecule has 72 valence electrons. The number of carbonyl (C=O) groups excluding carboxylic acids is 1. The Morgan fingerprint density at radius 2 is 2.00 bits per heavy atom. The van der Waals surface area contributed by atoms with Crippen LogP contribution in [0.2, 0.25) is 0 Å². The van der Waals surface area contributed by atoms with Crippen molar-refractivity contribution in [2.75, 3.05) is 0 Å². The average molecular weight is 180 g/mol. The Morgan fingerprint density at radius 1 is 1.31 bits per heavy atom. The molecule has 3 heteroatoms. The van der Waals surface area contributed by atoms with Gasteiger partial charge in [-0.15, -0.1) is 0 Å². The fourth-order valence-corrected chi connectivity index (χ4v) is 1.29. The summed E-state index contributed by atoms with van der Waals surface area (Å²) >= 11 is 0. The third-order valence-electron chi connectivity index (χ3n) is 2.56. The van der Waals surface area contributed by atoms with E-state index in [4.69, 9.17) is 0 Å². The molecule has 2 saturated carbocycles. The SMILES string of the molecule is C/C(=C\NC(=O)NC1CC1)C1CC1. The molecule has 13 heavy (non-hydrogen) atoms. The lowest BCUT2D eigenvalue weighted by Crippen LogP contribution is -2.33. The van der Waals surface area contributed by atoms with E-state index in [1.54, 1.807) is 0 Å². The lowest BCUT2D eigenvalue weighted by Gasteiger charge is -2.03. The van der Waals surface area contributed by atoms with Gasteiger partial charge in [0.1, 0.15) is 0 Å². The summed E-state index contributed by atoms with van der Waals surface area (Å²) < 4.78 is 0. The van der Waals surface area contributed by atoms with Gasteiger partial charge in [0.15, 0.2) is 0 Å². The summed E-state index contributed by atoms with van der Waals surface area (Å²) in [7, 11) is 0. The van der Waals surface area contributed by atoms with Gasteiger partial charge in [0, 0.05) is 12.2 Å². The van der Waals surface area contributed by atoms with Gasteiger partial charge >= 0.3 is 6.03 Å². The molecule has 0 aromatic carbocycles. The number of nitrogens with one attached hydrogen (secondary N) is 2. The number of urea groups is 1. The molecular weight excluding hydrogens is 164 g/mol. The van der Waals surface area contributed by atoms with Crippen LogP contribution in [0.5, 0.6) is 0 Å². The van der Waals surface area contributed by atoms with E-state index in [1.807, 2.05) is 6.20 Å². The van der Waals surface area contributed by atoms with Crippen LogP contribution in [0.3, 0.4) is 0 Å². The third-order valence-corrected chi connectivity index (χ3v) is 2.56. The molecule has 0 unspecified atom stereocenters. The molecule has 3 nitrogen and oxygen atoms in total. The van der Waals surface area contributed by atoms with Crippen LogP contribution in [0.15, 0.2) is 11.8 Å². The molecule has 0 bridgehead atoms. The molecule has 2 rings (SSSR count). The number of hydrogen-bond donors (Lipinski definition) is 2. The smallest absolute Gasteiger partial charge is 0.318 e. The van der Waals surface area contributed by atoms with Crippen molar-refractivity contribution in [2.24, 2.45) is 5.92 Å². The van der Waals surface area contributed by atoms with Crippen molar-refractivity contribution < 1.29 is 4.79 Å². The number of allylic oxidation sites excluding steroid dienone is 1. The van der Waals surface area contributed by atoms with Gasteiger partial charge in [-0.25, -0.2) is 4.79 Å². The molecule has 2 amide bonds. The Balaban J connectivity index is 1.69. The van der Waals surface area contributed by atoms with Gasteiger partial charge in [-0.2, -0.15) is 0 Å². The number of carbonyl (C=O) groups is 1. The highest BCUT2D eigenvalue weighted by Gasteiger charge is 2.24. The Morgan fingerprint density at radius 3 is 2.54 bits per heavy atom. The first-order valence-corrected chi connectivity index (χ1v) is 4.99. The van der Waals surface area contributed by atoms with E-state index in [-0.39, 0.29) is 6.03 Å². The highest BCUT2D eigenvalue weighted by atomic mass is 16.2. The second-order valence-electron chi connectivity index (χ2n) is 4.05. The molecule has 0 aromatic heterocycles. The van der Waals surface area contributed by atoms with Gasteiger partial charge in [0.2, 0.25) is 0 Å². The summed E-state index contributed by atoms with van der Waals surface area (Å²) in [6.45, 7) is 2.08. The second kappa shape index (κ2) is 3.40. The summed E-state index contributed by atoms with van der Waals surface area (Å²) in [5, 5.41) is 5.64. The fourth-order valence-electron chi connectivity index (χ4n) is 1.29. The van der Waals surface area contributed by atoms with Crippen LogP contribution in [0, 0.1) is 5.92 Å². The van der Waals surface area contributed by atoms with Crippen LogP contribution >= 0.6 is 0 Å². The summed E-state index contributed by atoms with van der Waals surface area (Å²) in [6.07, 6.45) is 6.69. The molecule has 0 heterocycles. The predicted octanol–water partition coefficient (Wildman–Crippen LogP) is 1.76. The molecule has 0 radical (unpaired) electrons. The fraction of sp³-hybridized carbons (Fsp3) is 0.700. The molecule has 0 aromatic rings. The van der Waals surface area contributed by atoms with Crippen molar-refractivity contribution in [3.05, 3.63) is 11.8 Å². The maximum Gasteiger partial charge on any atom is 0.318 e. The van der Waals surface area contributed by atoms with Gasteiger partial charge in [-0.1, -0.05) is 5.57 Å². The van der Waals surface area contributed by atoms with E-state index in [2.05, 4.69) is 17.6 Å². The highest BCUT2D eigenvalue weighted by Crippen LogP contribution is 2.35. The molecular formula is C10H16N2O. The van der Waals surface area contributed by atoms with Crippen LogP contribution in [0.25, 0.3) is 0 Å². The monoisotopic (exact) mass is 180 g/mol. The zero-order valence-electron chi connectivity index (χ0n) is 7.97. The number of amides is 2. The van der Waals surface area contributed by atoms with Crippen LogP contribution in [-0.2, 0) is 0 Å². The summed E-state index contributed by atoms with van der Waals surface area (Å²) in [5.74, 6) is 0.737. The molecule has 0 saturated heterocycles. The quantitative estimate of drug-likeness (QED) is 0.682. The summed E-state index contributed by atoms with van der Waals surface area (Å²) in [5.41, 5.74) is 1.30. The summed E-state index contributed by atoms with van der Waals surface area (Å²) in [6, 6.07) is 0.386. The minimum absolute atomic E-state index is 0.0532. The van der Waals surface area contributed by atoms with Crippen molar-refractivity contribution in [1.29, 1.82) is 0 Å². The van der Waals surface area contributed by atoms with Crippen LogP contribution in [0.1, 0.15) is 32.6 Å². The van der Waals surface area contributed by atoms with Gasteiger partial charge in [-0.05, 0) is 38.5 Å². The molecule has 2 aliphatic rings. The van der Waals surface area contributed by atoms with Gasteiger partial charge in [-0.3, -0.25) is 0 Å². The van der Waals surface area contributed by atoms with E-state index < -0.39 is 0 Å². The Bertz CT molecular complexity index is 239. The van der Waals surface area contributed by atoms with Crippen molar-refractivity contribution in [1.82, 2.24) is 10.6 Å². The Hall–Kier alpha value is -0.990. The van der Waals surface area contributed by atoms with Crippen molar-refractivity contribution >= 4 is 6.03 Å². The van der Waals surface area contributed by atoms with E-state index >= 15 is 0 Å². The number of rotatable bonds is 3. The molecule has 2 N–H and O–H groups in total. The minimum atomic E-state index is -0.0532. The first kappa shape index (κ1) is 8.60. The summed E-state index contributed by atoms with van der Waals surface area (Å²) in [4.78, 5) is 11.2. The lowest BCUT2D eigenvalue weighted by molar-refractivity contribution is 0.243. The second-order valence-corrected chi connectivity index (χ2v) is 4.05. The molecule has 0 aliphatic heterocycles. The van der Waals surface area contributed by atoms with E-state index in [1.165, 1.54) is 18.4 Å². The lowest BCUT2D eigenvalue weighted by atomic mass is 10.2. The standard InChI is InChI=1S/C10H16N2O/c1-7(8-2-3-8)6-11-10(13)12-9-4-5-9/h6,8-9H,2-5H2,1H3,(H2,11,12,13)/b7-6+. The van der Waals surface area contributed by atoms with E-state index in [0.717, 1.165) is 18.8 Å². The highest BCUT2D eigenvalue weighted by molar-refractivity contribution is 5.75. The van der Waals surface area contributed by atoms with Crippen molar-refractivity contribution in [2.45, 2.75) is 38.6 Å². The third kappa shape index (κ3) is 2.76. The maximum atomic E-state index is 11.2. The van der Waals surface area contributed by atoms with Crippen LogP contribution < -0.4 is 10.6 Å². The van der Waals surface area contributed by atoms with E-state index in [0.29, 0.717) is 6.04 Å². The Kier molecular flexibility index (Phi) is 2.25. The molecule has 2 aliphatic carbocycles. The zero-order chi connectivity index (χ0) is 9.26. The van der Waals surface area contributed by atoms with Gasteiger partial charge in [0.05, 0.1) is 0 Å². The Labute approximate surface area is 78.6 Å². The minimum Gasteiger partial charge on any atom is -0.335 e. The largest absolute Gasteiger partial charge is 0.335 e. The first-order chi connectivity index (χ1) is 6.25. The predicted molar refractivity (Wildman–Crippen MR) is 51.2 cm³/mol. The van der Waals surface area contributed by atoms with Crippen LogP contribution in [-0.4, -0.2) is 12.1 Å². The maximum absolute atomic E-state index is 11.2. The average Bonchev–Trinajstić information content (AvgIpc) is 2.90. The van der Waals surface area contributed by atoms with Gasteiger partial charge < -0.3 is 10.6 Å². The molecule has 2 fully saturated rings. The van der Waals surface area contributed by atoms with Crippen LogP contribution in [0.4, 0.5) is 4.79 Å². The normalized spacial score (nSPS) is 22.7.